The first-order valence-corrected chi connectivity index (χ1v) is 40.8. The van der Waals surface area contributed by atoms with Gasteiger partial charge in [-0.15, -0.1) is 12.6 Å². The molecular weight excluding hydrogens is 1510 g/mol. The van der Waals surface area contributed by atoms with E-state index in [0.29, 0.717) is 61.4 Å². The van der Waals surface area contributed by atoms with Crippen LogP contribution in [-0.2, 0) is 97.7 Å². The normalized spacial score (nSPS) is 16.1. The molecule has 30 nitrogen and oxygen atoms in total. The van der Waals surface area contributed by atoms with Gasteiger partial charge in [-0.1, -0.05) is 98.3 Å². The van der Waals surface area contributed by atoms with Crippen molar-refractivity contribution >= 4 is 101 Å². The summed E-state index contributed by atoms with van der Waals surface area (Å²) in [5.41, 5.74) is 9.23. The maximum atomic E-state index is 14.4. The molecule has 0 spiro atoms. The number of carbonyl (C=O) groups is 8. The van der Waals surface area contributed by atoms with Crippen LogP contribution in [0.5, 0.6) is 5.75 Å². The largest absolute Gasteiger partial charge is 0.748 e. The van der Waals surface area contributed by atoms with E-state index in [1.54, 1.807) is 75.7 Å². The molecule has 3 aliphatic rings. The van der Waals surface area contributed by atoms with Crippen molar-refractivity contribution in [1.82, 2.24) is 21.3 Å². The lowest BCUT2D eigenvalue weighted by atomic mass is 9.81. The number of Topliss-reactive ketones (excluding diaryl/α,β-unsaturated/α-hetero) is 2. The summed E-state index contributed by atoms with van der Waals surface area (Å²) in [4.78, 5) is 121. The average Bonchev–Trinajstić information content (AvgIpc) is 1.60. The summed E-state index contributed by atoms with van der Waals surface area (Å²) in [6.07, 6.45) is 11.5. The second kappa shape index (κ2) is 43.0. The fraction of sp³-hybridized carbons (Fsp3) is 0.468. The quantitative estimate of drug-likeness (QED) is 0.00912. The van der Waals surface area contributed by atoms with Gasteiger partial charge in [-0.2, -0.15) is 22.6 Å². The number of hydrogen-bond acceptors (Lipinski definition) is 20. The highest BCUT2D eigenvalue weighted by atomic mass is 32.2. The highest BCUT2D eigenvalue weighted by molar-refractivity contribution is 7.85. The number of anilines is 1. The molecule has 2 aliphatic heterocycles. The Hall–Kier alpha value is -10.1. The first-order chi connectivity index (χ1) is 52.6. The van der Waals surface area contributed by atoms with Crippen LogP contribution in [0.3, 0.4) is 0 Å². The number of aryl methyl sites for hydroxylation is 1. The van der Waals surface area contributed by atoms with E-state index in [1.165, 1.54) is 0 Å². The SMILES string of the molecule is Cc1ccc2c(c1)C(C)(C)/C(=C\C=C1/CCCC(/C=C/C3=[N+](CCCCS(=O)(=O)[O-])c4ccccc4C3(C)C)=C1Oc1ccc(C[C@H](NC(=O)[C@@H](CC(=O)CNC(=O)C(CCCC(=O)CC[C@H](NC(=O)NCCCC(=O)O)C(=O)O)[N+](C)(C)C)Cc3ccccc3)C(=O)O)cc1)N2CCCCS(=O)(=O)O.O=C=O.O=S(=O)=O. The van der Waals surface area contributed by atoms with Crippen LogP contribution in [0.1, 0.15) is 152 Å². The minimum Gasteiger partial charge on any atom is -0.748 e. The summed E-state index contributed by atoms with van der Waals surface area (Å²) in [7, 11) is -6.35. The number of nitrogens with one attached hydrogen (secondary N) is 4. The highest BCUT2D eigenvalue weighted by Crippen LogP contribution is 2.49. The summed E-state index contributed by atoms with van der Waals surface area (Å²) in [5, 5.41) is 39.2. The number of carboxylic acid groups (broad SMARTS) is 3. The van der Waals surface area contributed by atoms with E-state index < -0.39 is 120 Å². The van der Waals surface area contributed by atoms with E-state index in [-0.39, 0.29) is 106 Å². The van der Waals surface area contributed by atoms with Gasteiger partial charge >= 0.3 is 40.7 Å². The number of carbonyl (C=O) groups excluding carboxylic acids is 7. The zero-order valence-electron chi connectivity index (χ0n) is 64.2. The molecule has 33 heteroatoms. The summed E-state index contributed by atoms with van der Waals surface area (Å²) >= 11 is 0. The fourth-order valence-electron chi connectivity index (χ4n) is 13.8. The minimum absolute atomic E-state index is 0.00251. The van der Waals surface area contributed by atoms with Crippen molar-refractivity contribution in [3.8, 4) is 5.75 Å². The van der Waals surface area contributed by atoms with Crippen LogP contribution >= 0.6 is 0 Å². The summed E-state index contributed by atoms with van der Waals surface area (Å²) < 4.78 is 103. The molecule has 1 aliphatic carbocycles. The third-order valence-corrected chi connectivity index (χ3v) is 21.0. The maximum absolute atomic E-state index is 14.4. The fourth-order valence-corrected chi connectivity index (χ4v) is 14.9. The predicted molar refractivity (Wildman–Crippen MR) is 412 cm³/mol. The lowest BCUT2D eigenvalue weighted by molar-refractivity contribution is -0.886. The predicted octanol–water partition coefficient (Wildman–Crippen LogP) is 7.72. The number of aliphatic carboxylic acids is 3. The third kappa shape index (κ3) is 29.8. The molecule has 2 heterocycles. The van der Waals surface area contributed by atoms with Gasteiger partial charge in [0.1, 0.15) is 35.9 Å². The molecule has 0 radical (unpaired) electrons. The van der Waals surface area contributed by atoms with Gasteiger partial charge < -0.3 is 55.3 Å². The lowest BCUT2D eigenvalue weighted by Gasteiger charge is -2.33. The van der Waals surface area contributed by atoms with Crippen molar-refractivity contribution < 1.29 is 116 Å². The second-order valence-corrected chi connectivity index (χ2v) is 33.1. The molecular formula is C79H102N7O23S3+. The molecule has 1 unspecified atom stereocenters. The molecule has 8 N–H and O–H groups in total. The van der Waals surface area contributed by atoms with Crippen LogP contribution in [0.2, 0.25) is 0 Å². The van der Waals surface area contributed by atoms with E-state index in [0.717, 1.165) is 57.0 Å². The smallest absolute Gasteiger partial charge is 0.425 e. The summed E-state index contributed by atoms with van der Waals surface area (Å²) in [5.74, 6) is -6.56. The standard InChI is InChI=1S/C78H101N7O18S2.CO2.O3S/c1-52-30-39-66-62(47-52)78(4,5)69(84(66)44-15-17-46-105(100,101)102)41-34-56-24-18-23-55(33-40-68-77(2,3)61-26-12-13-27-65(61)83(68)43-14-16-45-104(97,98)99)71(56)103-60-36-31-54(32-37-60)49-64(75(94)95)81-72(90)57(48-53-21-10-9-11-22-53)50-59(87)51-80-73(91)67(85(6,7)8)28-19-25-58(86)35-38-63(74(92)93)82-76(96)79-42-20-29-70(88)89;2-1-3;1-4(2)3/h9-13,21-22,26-27,30-34,36-37,39-41,47,57,63-64,67H,14-20,23-25,28-29,35,38,42-46,48-51H2,1-8H3,(H7-2,79,80,81,82,88,89,90,91,92,93,94,95,96,97,98,99,100,101,102);;/p+1/t57-,63+,64+,67?;;/m1../s1. The summed E-state index contributed by atoms with van der Waals surface area (Å²) in [6.45, 7) is 11.1. The van der Waals surface area contributed by atoms with E-state index >= 15 is 0 Å². The number of ketones is 2. The van der Waals surface area contributed by atoms with E-state index in [9.17, 15) is 74.5 Å². The van der Waals surface area contributed by atoms with E-state index in [2.05, 4.69) is 101 Å². The Labute approximate surface area is 654 Å². The summed E-state index contributed by atoms with van der Waals surface area (Å²) in [6, 6.07) is 25.8. The van der Waals surface area contributed by atoms with Crippen LogP contribution in [0.25, 0.3) is 0 Å². The molecule has 0 fully saturated rings. The molecule has 4 aromatic rings. The third-order valence-electron chi connectivity index (χ3n) is 19.4. The Balaban J connectivity index is 0.00000307. The first-order valence-electron chi connectivity index (χ1n) is 36.6. The van der Waals surface area contributed by atoms with Crippen LogP contribution < -0.4 is 30.9 Å². The number of ether oxygens (including phenoxy) is 1. The van der Waals surface area contributed by atoms with E-state index in [4.69, 9.17) is 32.1 Å². The van der Waals surface area contributed by atoms with E-state index in [1.807, 2.05) is 31.2 Å². The molecule has 4 aromatic carbocycles. The number of hydrogen-bond donors (Lipinski definition) is 8. The zero-order chi connectivity index (χ0) is 83.3. The number of benzene rings is 4. The van der Waals surface area contributed by atoms with Gasteiger partial charge in [0, 0.05) is 104 Å². The Kier molecular flexibility index (Phi) is 35.5. The van der Waals surface area contributed by atoms with Crippen molar-refractivity contribution in [3.05, 3.63) is 172 Å². The Morgan fingerprint density at radius 3 is 1.95 bits per heavy atom. The zero-order valence-corrected chi connectivity index (χ0v) is 66.7. The molecule has 4 atom stereocenters. The number of unbranched alkanes of at least 4 members (excludes halogenated alkanes) is 2. The van der Waals surface area contributed by atoms with Crippen LogP contribution in [0, 0.1) is 12.8 Å². The molecule has 608 valence electrons. The number of quaternary nitrogens is 1. The molecule has 0 saturated carbocycles. The van der Waals surface area contributed by atoms with Gasteiger partial charge in [0.05, 0.1) is 49.0 Å². The van der Waals surface area contributed by atoms with Crippen molar-refractivity contribution in [3.63, 3.8) is 0 Å². The van der Waals surface area contributed by atoms with Crippen molar-refractivity contribution in [2.75, 3.05) is 63.7 Å². The topological polar surface area (TPSA) is 458 Å². The average molecular weight is 1610 g/mol. The first kappa shape index (κ1) is 92.5. The maximum Gasteiger partial charge on any atom is 0.425 e. The van der Waals surface area contributed by atoms with Crippen LogP contribution in [0.15, 0.2) is 144 Å². The van der Waals surface area contributed by atoms with Crippen molar-refractivity contribution in [2.45, 2.75) is 173 Å². The van der Waals surface area contributed by atoms with Crippen molar-refractivity contribution in [1.29, 1.82) is 0 Å². The van der Waals surface area contributed by atoms with Gasteiger partial charge in [-0.05, 0) is 143 Å². The number of para-hydroxylation sites is 1. The number of likely N-dealkylation sites (N-methyl/N-ethyl adjacent to an activating group) is 1. The second-order valence-electron chi connectivity index (χ2n) is 29.6. The Morgan fingerprint density at radius 2 is 1.32 bits per heavy atom. The Morgan fingerprint density at radius 1 is 0.688 bits per heavy atom. The number of allylic oxidation sites excluding steroid dienone is 7. The van der Waals surface area contributed by atoms with Gasteiger partial charge in [0.2, 0.25) is 11.6 Å². The lowest BCUT2D eigenvalue weighted by Crippen LogP contribution is -2.54. The molecule has 0 bridgehead atoms. The van der Waals surface area contributed by atoms with Gasteiger partial charge in [0.25, 0.3) is 16.0 Å². The van der Waals surface area contributed by atoms with Crippen LogP contribution in [0.4, 0.5) is 16.2 Å². The molecule has 112 heavy (non-hydrogen) atoms. The number of carboxylic acids is 3. The van der Waals surface area contributed by atoms with Crippen LogP contribution in [-0.4, -0.2) is 199 Å². The number of urea groups is 1. The number of fused-ring (bicyclic) bond motifs is 2. The van der Waals surface area contributed by atoms with Gasteiger partial charge in [-0.3, -0.25) is 28.5 Å². The Bertz CT molecular complexity index is 4590. The molecule has 4 amide bonds. The molecule has 0 saturated heterocycles. The monoisotopic (exact) mass is 1610 g/mol. The van der Waals surface area contributed by atoms with Crippen molar-refractivity contribution in [2.24, 2.45) is 5.92 Å². The number of rotatable bonds is 41. The molecule has 0 aromatic heterocycles. The minimum atomic E-state index is -4.41. The number of amides is 4. The molecule has 7 rings (SSSR count). The van der Waals surface area contributed by atoms with Gasteiger partial charge in [-0.25, -0.2) is 22.8 Å². The highest BCUT2D eigenvalue weighted by Gasteiger charge is 2.45. The number of nitrogens with zero attached hydrogens (tertiary/aromatic N) is 3. The van der Waals surface area contributed by atoms with Gasteiger partial charge in [0.15, 0.2) is 17.5 Å².